The van der Waals surface area contributed by atoms with Gasteiger partial charge in [-0.25, -0.2) is 0 Å². The lowest BCUT2D eigenvalue weighted by Crippen LogP contribution is -2.20. The highest BCUT2D eigenvalue weighted by molar-refractivity contribution is 6.45. The number of aryl methyl sites for hydroxylation is 1. The maximum atomic E-state index is 11.1. The van der Waals surface area contributed by atoms with Gasteiger partial charge in [0.2, 0.25) is 0 Å². The number of rotatable bonds is 2. The molecule has 0 radical (unpaired) electrons. The number of carbonyl (C=O) groups excluding carboxylic acids is 1. The Morgan fingerprint density at radius 2 is 2.42 bits per heavy atom. The number of amides is 1. The van der Waals surface area contributed by atoms with E-state index in [9.17, 15) is 4.79 Å². The van der Waals surface area contributed by atoms with E-state index in [4.69, 9.17) is 5.02 Å². The minimum Gasteiger partial charge on any atom is -0.449 e. The molecule has 12 heavy (non-hydrogen) atoms. The highest BCUT2D eigenvalue weighted by Crippen LogP contribution is 1.96. The van der Waals surface area contributed by atoms with E-state index in [-0.39, 0.29) is 13.4 Å². The summed E-state index contributed by atoms with van der Waals surface area (Å²) < 4.78 is 1.68. The van der Waals surface area contributed by atoms with Gasteiger partial charge in [-0.15, -0.1) is 0 Å². The number of aromatic nitrogens is 1. The number of carbonyl (C=O) groups is 1. The highest BCUT2D eigenvalue weighted by Gasteiger charge is 2.09. The Morgan fingerprint density at radius 1 is 1.75 bits per heavy atom. The molecule has 0 aliphatic rings. The molecule has 1 aromatic rings. The number of hydrogen-bond acceptors (Lipinski definition) is 2. The second-order valence-electron chi connectivity index (χ2n) is 2.58. The molecule has 0 bridgehead atoms. The minimum absolute atomic E-state index is 0.0369. The predicted octanol–water partition coefficient (Wildman–Crippen LogP) is -1.65. The van der Waals surface area contributed by atoms with Gasteiger partial charge in [0.05, 0.1) is 0 Å². The summed E-state index contributed by atoms with van der Waals surface area (Å²) in [5.74, 6) is -0.141. The first-order valence-corrected chi connectivity index (χ1v) is 3.67. The van der Waals surface area contributed by atoms with Crippen molar-refractivity contribution in [3.8, 4) is 0 Å². The van der Waals surface area contributed by atoms with Gasteiger partial charge in [0.25, 0.3) is 5.91 Å². The number of nitrogens with one attached hydrogen (secondary N) is 1. The first kappa shape index (κ1) is 8.87. The van der Waals surface area contributed by atoms with Crippen LogP contribution in [-0.4, -0.2) is 30.0 Å². The van der Waals surface area contributed by atoms with Crippen LogP contribution in [0.3, 0.4) is 0 Å². The molecule has 0 saturated heterocycles. The van der Waals surface area contributed by atoms with E-state index in [2.05, 4.69) is 5.32 Å². The maximum Gasteiger partial charge on any atom is 0.306 e. The normalized spacial score (nSPS) is 9.58. The lowest BCUT2D eigenvalue weighted by atomic mass is 9.92. The largest absolute Gasteiger partial charge is 0.449 e. The van der Waals surface area contributed by atoms with Gasteiger partial charge >= 0.3 is 7.48 Å². The third-order valence-electron chi connectivity index (χ3n) is 1.70. The zero-order valence-electron chi connectivity index (χ0n) is 7.16. The summed E-state index contributed by atoms with van der Waals surface area (Å²) in [6.45, 7) is 0. The van der Waals surface area contributed by atoms with Crippen LogP contribution in [0.25, 0.3) is 0 Å². The molecule has 2 N–H and O–H groups in total. The average molecular weight is 166 g/mol. The van der Waals surface area contributed by atoms with Gasteiger partial charge in [-0.2, -0.15) is 0 Å². The third-order valence-corrected chi connectivity index (χ3v) is 1.70. The average Bonchev–Trinajstić information content (AvgIpc) is 2.45. The van der Waals surface area contributed by atoms with E-state index in [1.54, 1.807) is 30.9 Å². The van der Waals surface area contributed by atoms with E-state index in [1.165, 1.54) is 0 Å². The monoisotopic (exact) mass is 166 g/mol. The number of nitrogens with zero attached hydrogens (tertiary/aromatic N) is 1. The third kappa shape index (κ3) is 1.50. The molecule has 1 rings (SSSR count). The van der Waals surface area contributed by atoms with Crippen molar-refractivity contribution >= 4 is 18.9 Å². The summed E-state index contributed by atoms with van der Waals surface area (Å²) in [5, 5.41) is 11.3. The van der Waals surface area contributed by atoms with Crippen molar-refractivity contribution in [1.29, 1.82) is 0 Å². The van der Waals surface area contributed by atoms with Crippen LogP contribution in [0.1, 0.15) is 10.5 Å². The van der Waals surface area contributed by atoms with E-state index in [0.717, 1.165) is 5.46 Å². The summed E-state index contributed by atoms with van der Waals surface area (Å²) in [4.78, 5) is 11.1. The van der Waals surface area contributed by atoms with E-state index in [1.807, 2.05) is 0 Å². The fourth-order valence-electron chi connectivity index (χ4n) is 1.07. The van der Waals surface area contributed by atoms with Crippen LogP contribution in [0.4, 0.5) is 0 Å². The Balaban J connectivity index is 2.99. The summed E-state index contributed by atoms with van der Waals surface area (Å²) in [6.07, 6.45) is 1.73. The topological polar surface area (TPSA) is 54.3 Å². The van der Waals surface area contributed by atoms with E-state index >= 15 is 0 Å². The van der Waals surface area contributed by atoms with Gasteiger partial charge in [-0.1, -0.05) is 0 Å². The van der Waals surface area contributed by atoms with E-state index in [0.29, 0.717) is 5.69 Å². The van der Waals surface area contributed by atoms with Gasteiger partial charge in [0, 0.05) is 20.3 Å². The van der Waals surface area contributed by atoms with Crippen molar-refractivity contribution in [2.45, 2.75) is 0 Å². The Bertz CT molecular complexity index is 296. The quantitative estimate of drug-likeness (QED) is 0.517. The molecule has 0 aliphatic heterocycles. The van der Waals surface area contributed by atoms with Crippen LogP contribution < -0.4 is 10.8 Å². The molecule has 1 heterocycles. The van der Waals surface area contributed by atoms with Gasteiger partial charge in [-0.3, -0.25) is 4.79 Å². The van der Waals surface area contributed by atoms with Crippen molar-refractivity contribution in [2.75, 3.05) is 7.05 Å². The zero-order chi connectivity index (χ0) is 9.14. The summed E-state index contributed by atoms with van der Waals surface area (Å²) in [5.41, 5.74) is 1.30. The van der Waals surface area contributed by atoms with Crippen LogP contribution in [0.15, 0.2) is 12.3 Å². The lowest BCUT2D eigenvalue weighted by Gasteiger charge is -1.99. The smallest absolute Gasteiger partial charge is 0.306 e. The molecule has 0 aromatic carbocycles. The second-order valence-corrected chi connectivity index (χ2v) is 2.58. The molecule has 0 spiro atoms. The molecule has 0 fully saturated rings. The molecule has 1 aromatic heterocycles. The standard InChI is InChI=1S/C7H11BN2O2/c1-9-7(11)6-3-5(8-12)4-10(6)2/h3-4,8,12H,1-2H3,(H,9,11). The maximum absolute atomic E-state index is 11.1. The molecule has 0 atom stereocenters. The summed E-state index contributed by atoms with van der Waals surface area (Å²) in [7, 11) is 3.31. The van der Waals surface area contributed by atoms with Crippen molar-refractivity contribution < 1.29 is 9.82 Å². The molecule has 1 amide bonds. The molecule has 5 heteroatoms. The fourth-order valence-corrected chi connectivity index (χ4v) is 1.07. The lowest BCUT2D eigenvalue weighted by molar-refractivity contribution is 0.0955. The van der Waals surface area contributed by atoms with Crippen molar-refractivity contribution in [3.63, 3.8) is 0 Å². The van der Waals surface area contributed by atoms with Crippen LogP contribution in [0.5, 0.6) is 0 Å². The molecule has 4 nitrogen and oxygen atoms in total. The van der Waals surface area contributed by atoms with Gasteiger partial charge < -0.3 is 14.9 Å². The molecule has 0 unspecified atom stereocenters. The van der Waals surface area contributed by atoms with Gasteiger partial charge in [0.15, 0.2) is 0 Å². The summed E-state index contributed by atoms with van der Waals surface area (Å²) in [6, 6.07) is 1.67. The first-order chi connectivity index (χ1) is 5.69. The Hall–Kier alpha value is -1.23. The van der Waals surface area contributed by atoms with E-state index < -0.39 is 0 Å². The number of hydrogen-bond donors (Lipinski definition) is 2. The molecule has 64 valence electrons. The molecular formula is C7H11BN2O2. The van der Waals surface area contributed by atoms with Crippen LogP contribution in [0, 0.1) is 0 Å². The fraction of sp³-hybridized carbons (Fsp3) is 0.286. The molecule has 0 aliphatic carbocycles. The minimum atomic E-state index is -0.141. The zero-order valence-corrected chi connectivity index (χ0v) is 7.16. The first-order valence-electron chi connectivity index (χ1n) is 3.67. The summed E-state index contributed by atoms with van der Waals surface area (Å²) >= 11 is 0. The second kappa shape index (κ2) is 3.45. The SMILES string of the molecule is CNC(=O)c1cc(BO)cn1C. The molecular weight excluding hydrogens is 155 g/mol. The van der Waals surface area contributed by atoms with Crippen LogP contribution >= 0.6 is 0 Å². The molecule has 0 saturated carbocycles. The van der Waals surface area contributed by atoms with Crippen molar-refractivity contribution in [3.05, 3.63) is 18.0 Å². The van der Waals surface area contributed by atoms with Gasteiger partial charge in [-0.05, 0) is 11.5 Å². The van der Waals surface area contributed by atoms with Crippen LogP contribution in [-0.2, 0) is 7.05 Å². The Morgan fingerprint density at radius 3 is 2.83 bits per heavy atom. The van der Waals surface area contributed by atoms with Crippen molar-refractivity contribution in [2.24, 2.45) is 7.05 Å². The predicted molar refractivity (Wildman–Crippen MR) is 47.8 cm³/mol. The van der Waals surface area contributed by atoms with Crippen molar-refractivity contribution in [1.82, 2.24) is 9.88 Å². The Labute approximate surface area is 71.5 Å². The van der Waals surface area contributed by atoms with Crippen LogP contribution in [0.2, 0.25) is 0 Å². The van der Waals surface area contributed by atoms with Gasteiger partial charge in [0.1, 0.15) is 5.69 Å². The Kier molecular flexibility index (Phi) is 2.55. The highest BCUT2D eigenvalue weighted by atomic mass is 16.2.